The van der Waals surface area contributed by atoms with Crippen LogP contribution < -0.4 is 5.32 Å². The molecule has 86 valence electrons. The predicted octanol–water partition coefficient (Wildman–Crippen LogP) is 4.35. The Morgan fingerprint density at radius 3 is 2.47 bits per heavy atom. The molecule has 0 fully saturated rings. The summed E-state index contributed by atoms with van der Waals surface area (Å²) in [7, 11) is 0. The van der Waals surface area contributed by atoms with Crippen LogP contribution in [0.1, 0.15) is 10.4 Å². The van der Waals surface area contributed by atoms with Crippen LogP contribution in [0.2, 0.25) is 5.02 Å². The van der Waals surface area contributed by atoms with E-state index in [-0.39, 0.29) is 5.91 Å². The average molecular weight is 311 g/mol. The van der Waals surface area contributed by atoms with Crippen molar-refractivity contribution in [1.29, 1.82) is 0 Å². The summed E-state index contributed by atoms with van der Waals surface area (Å²) in [5.74, 6) is -0.145. The van der Waals surface area contributed by atoms with Crippen LogP contribution in [0.5, 0.6) is 0 Å². The standard InChI is InChI=1S/C13H9BrClNO/c14-11-8-10(15)6-7-12(11)16-13(17)9-4-2-1-3-5-9/h1-8H,(H,16,17). The Kier molecular flexibility index (Phi) is 3.82. The molecule has 0 radical (unpaired) electrons. The largest absolute Gasteiger partial charge is 0.321 e. The molecule has 1 N–H and O–H groups in total. The number of hydrogen-bond acceptors (Lipinski definition) is 1. The van der Waals surface area contributed by atoms with Crippen LogP contribution in [0.25, 0.3) is 0 Å². The minimum absolute atomic E-state index is 0.145. The Bertz CT molecular complexity index is 542. The molecule has 0 aliphatic heterocycles. The lowest BCUT2D eigenvalue weighted by Gasteiger charge is -2.07. The highest BCUT2D eigenvalue weighted by molar-refractivity contribution is 9.10. The summed E-state index contributed by atoms with van der Waals surface area (Å²) in [5, 5.41) is 3.43. The van der Waals surface area contributed by atoms with Gasteiger partial charge in [0.05, 0.1) is 5.69 Å². The van der Waals surface area contributed by atoms with E-state index in [4.69, 9.17) is 11.6 Å². The van der Waals surface area contributed by atoms with Crippen molar-refractivity contribution in [2.45, 2.75) is 0 Å². The molecule has 0 bridgehead atoms. The molecule has 0 heterocycles. The average Bonchev–Trinajstić information content (AvgIpc) is 2.34. The number of rotatable bonds is 2. The maximum absolute atomic E-state index is 11.9. The van der Waals surface area contributed by atoms with E-state index in [2.05, 4.69) is 21.2 Å². The minimum Gasteiger partial charge on any atom is -0.321 e. The number of benzene rings is 2. The van der Waals surface area contributed by atoms with Gasteiger partial charge in [0.2, 0.25) is 0 Å². The SMILES string of the molecule is O=C(Nc1ccc(Cl)cc1Br)c1ccccc1. The molecule has 4 heteroatoms. The number of nitrogens with one attached hydrogen (secondary N) is 1. The van der Waals surface area contributed by atoms with Gasteiger partial charge in [-0.05, 0) is 46.3 Å². The Morgan fingerprint density at radius 2 is 1.82 bits per heavy atom. The molecule has 2 aromatic rings. The van der Waals surface area contributed by atoms with Gasteiger partial charge in [0, 0.05) is 15.1 Å². The molecule has 0 atom stereocenters. The van der Waals surface area contributed by atoms with Crippen molar-refractivity contribution >= 4 is 39.1 Å². The topological polar surface area (TPSA) is 29.1 Å². The Balaban J connectivity index is 2.19. The Hall–Kier alpha value is -1.32. The number of hydrogen-bond donors (Lipinski definition) is 1. The van der Waals surface area contributed by atoms with Crippen molar-refractivity contribution < 1.29 is 4.79 Å². The maximum atomic E-state index is 11.9. The lowest BCUT2D eigenvalue weighted by atomic mass is 10.2. The van der Waals surface area contributed by atoms with Gasteiger partial charge in [0.15, 0.2) is 0 Å². The highest BCUT2D eigenvalue weighted by Crippen LogP contribution is 2.26. The Labute approximate surface area is 113 Å². The fourth-order valence-corrected chi connectivity index (χ4v) is 2.16. The molecule has 0 aliphatic rings. The second-order valence-electron chi connectivity index (χ2n) is 3.44. The summed E-state index contributed by atoms with van der Waals surface area (Å²) >= 11 is 9.18. The Morgan fingerprint density at radius 1 is 1.12 bits per heavy atom. The molecule has 2 nitrogen and oxygen atoms in total. The summed E-state index contributed by atoms with van der Waals surface area (Å²) in [6.07, 6.45) is 0. The highest BCUT2D eigenvalue weighted by Gasteiger charge is 2.07. The zero-order valence-corrected chi connectivity index (χ0v) is 11.1. The van der Waals surface area contributed by atoms with Crippen molar-refractivity contribution in [1.82, 2.24) is 0 Å². The number of carbonyl (C=O) groups is 1. The molecular formula is C13H9BrClNO. The molecule has 1 amide bonds. The van der Waals surface area contributed by atoms with Gasteiger partial charge in [-0.2, -0.15) is 0 Å². The monoisotopic (exact) mass is 309 g/mol. The fraction of sp³-hybridized carbons (Fsp3) is 0. The van der Waals surface area contributed by atoms with Crippen LogP contribution in [0, 0.1) is 0 Å². The number of carbonyl (C=O) groups excluding carboxylic acids is 1. The van der Waals surface area contributed by atoms with Crippen molar-refractivity contribution in [2.75, 3.05) is 5.32 Å². The molecule has 0 unspecified atom stereocenters. The molecule has 0 spiro atoms. The van der Waals surface area contributed by atoms with Crippen molar-refractivity contribution in [3.05, 3.63) is 63.6 Å². The molecule has 2 rings (SSSR count). The third-order valence-corrected chi connectivity index (χ3v) is 3.11. The normalized spacial score (nSPS) is 10.0. The maximum Gasteiger partial charge on any atom is 0.255 e. The summed E-state index contributed by atoms with van der Waals surface area (Å²) < 4.78 is 0.759. The molecule has 2 aromatic carbocycles. The van der Waals surface area contributed by atoms with E-state index in [0.717, 1.165) is 4.47 Å². The van der Waals surface area contributed by atoms with Gasteiger partial charge < -0.3 is 5.32 Å². The first-order valence-electron chi connectivity index (χ1n) is 4.98. The third-order valence-electron chi connectivity index (χ3n) is 2.22. The van der Waals surface area contributed by atoms with Crippen molar-refractivity contribution in [3.63, 3.8) is 0 Å². The zero-order valence-electron chi connectivity index (χ0n) is 8.78. The molecule has 17 heavy (non-hydrogen) atoms. The van der Waals surface area contributed by atoms with Gasteiger partial charge in [0.1, 0.15) is 0 Å². The van der Waals surface area contributed by atoms with Gasteiger partial charge in [-0.25, -0.2) is 0 Å². The van der Waals surface area contributed by atoms with Gasteiger partial charge in [0.25, 0.3) is 5.91 Å². The van der Waals surface area contributed by atoms with Gasteiger partial charge >= 0.3 is 0 Å². The van der Waals surface area contributed by atoms with Crippen LogP contribution in [-0.2, 0) is 0 Å². The van der Waals surface area contributed by atoms with Crippen molar-refractivity contribution in [3.8, 4) is 0 Å². The summed E-state index contributed by atoms with van der Waals surface area (Å²) in [5.41, 5.74) is 1.32. The van der Waals surface area contributed by atoms with Gasteiger partial charge in [-0.3, -0.25) is 4.79 Å². The highest BCUT2D eigenvalue weighted by atomic mass is 79.9. The van der Waals surface area contributed by atoms with E-state index < -0.39 is 0 Å². The molecule has 0 saturated carbocycles. The van der Waals surface area contributed by atoms with E-state index >= 15 is 0 Å². The second-order valence-corrected chi connectivity index (χ2v) is 4.74. The number of amides is 1. The second kappa shape index (κ2) is 5.34. The number of anilines is 1. The lowest BCUT2D eigenvalue weighted by molar-refractivity contribution is 0.102. The molecule has 0 aliphatic carbocycles. The predicted molar refractivity (Wildman–Crippen MR) is 73.5 cm³/mol. The van der Waals surface area contributed by atoms with E-state index in [9.17, 15) is 4.79 Å². The van der Waals surface area contributed by atoms with E-state index in [1.807, 2.05) is 18.2 Å². The zero-order chi connectivity index (χ0) is 12.3. The molecule has 0 aromatic heterocycles. The smallest absolute Gasteiger partial charge is 0.255 e. The first-order chi connectivity index (χ1) is 8.16. The third kappa shape index (κ3) is 3.08. The van der Waals surface area contributed by atoms with Gasteiger partial charge in [-0.1, -0.05) is 29.8 Å². The van der Waals surface area contributed by atoms with Crippen molar-refractivity contribution in [2.24, 2.45) is 0 Å². The molecular weight excluding hydrogens is 302 g/mol. The minimum atomic E-state index is -0.145. The lowest BCUT2D eigenvalue weighted by Crippen LogP contribution is -2.11. The van der Waals surface area contributed by atoms with Crippen LogP contribution >= 0.6 is 27.5 Å². The molecule has 0 saturated heterocycles. The van der Waals surface area contributed by atoms with E-state index in [0.29, 0.717) is 16.3 Å². The van der Waals surface area contributed by atoms with E-state index in [1.165, 1.54) is 0 Å². The first-order valence-corrected chi connectivity index (χ1v) is 6.15. The summed E-state index contributed by atoms with van der Waals surface area (Å²) in [4.78, 5) is 11.9. The quantitative estimate of drug-likeness (QED) is 0.877. The van der Waals surface area contributed by atoms with Crippen LogP contribution in [-0.4, -0.2) is 5.91 Å². The summed E-state index contributed by atoms with van der Waals surface area (Å²) in [6, 6.07) is 14.3. The fourth-order valence-electron chi connectivity index (χ4n) is 1.37. The summed E-state index contributed by atoms with van der Waals surface area (Å²) in [6.45, 7) is 0. The first kappa shape index (κ1) is 12.1. The number of halogens is 2. The van der Waals surface area contributed by atoms with Crippen LogP contribution in [0.3, 0.4) is 0 Å². The van der Waals surface area contributed by atoms with Crippen LogP contribution in [0.15, 0.2) is 53.0 Å². The van der Waals surface area contributed by atoms with Crippen LogP contribution in [0.4, 0.5) is 5.69 Å². The van der Waals surface area contributed by atoms with E-state index in [1.54, 1.807) is 30.3 Å². The van der Waals surface area contributed by atoms with Gasteiger partial charge in [-0.15, -0.1) is 0 Å².